The van der Waals surface area contributed by atoms with Gasteiger partial charge >= 0.3 is 1.43 Å². The van der Waals surface area contributed by atoms with Crippen LogP contribution in [0.15, 0.2) is 23.2 Å². The summed E-state index contributed by atoms with van der Waals surface area (Å²) < 4.78 is 0. The molecule has 0 radical (unpaired) electrons. The van der Waals surface area contributed by atoms with Crippen LogP contribution in [-0.4, -0.2) is 0 Å². The fourth-order valence-corrected chi connectivity index (χ4v) is 0.373. The van der Waals surface area contributed by atoms with Crippen molar-refractivity contribution in [3.8, 4) is 0 Å². The maximum absolute atomic E-state index is 5.35. The molecule has 1 rings (SSSR count). The molecular weight excluding hydrogens is 110 g/mol. The number of rotatable bonds is 0. The van der Waals surface area contributed by atoms with Crippen LogP contribution in [0.25, 0.3) is 5.32 Å². The molecule has 0 N–H and O–H groups in total. The zero-order valence-electron chi connectivity index (χ0n) is 4.48. The lowest BCUT2D eigenvalue weighted by Crippen LogP contribution is -1.66. The Hall–Kier alpha value is -0.740. The van der Waals surface area contributed by atoms with Crippen LogP contribution in [0, 0.1) is 6.08 Å². The Bertz CT molecular complexity index is 156. The van der Waals surface area contributed by atoms with E-state index in [2.05, 4.69) is 17.1 Å². The van der Waals surface area contributed by atoms with Gasteiger partial charge in [-0.15, -0.1) is 0 Å². The van der Waals surface area contributed by atoms with Crippen LogP contribution in [0.4, 0.5) is 0 Å². The molecule has 1 aliphatic heterocycles. The van der Waals surface area contributed by atoms with Crippen LogP contribution < -0.4 is 0 Å². The van der Waals surface area contributed by atoms with E-state index in [1.54, 1.807) is 6.08 Å². The summed E-state index contributed by atoms with van der Waals surface area (Å²) in [5.74, 6) is 0. The molecule has 0 saturated heterocycles. The fourth-order valence-electron chi connectivity index (χ4n) is 0.270. The van der Waals surface area contributed by atoms with Gasteiger partial charge in [0.05, 0.1) is 10.9 Å². The lowest BCUT2D eigenvalue weighted by atomic mass is 10.5. The standard InChI is InChI=1S/C5H2ClN/c6-5-3-1-2-4-7-5/h1,4H/p+1. The third-order valence-electron chi connectivity index (χ3n) is 0.527. The van der Waals surface area contributed by atoms with Gasteiger partial charge in [0.25, 0.3) is 0 Å². The second kappa shape index (κ2) is 1.81. The van der Waals surface area contributed by atoms with Crippen molar-refractivity contribution < 1.29 is 1.43 Å². The summed E-state index contributed by atoms with van der Waals surface area (Å²) in [7, 11) is 0. The van der Waals surface area contributed by atoms with Crippen molar-refractivity contribution in [2.45, 2.75) is 0 Å². The first-order valence-electron chi connectivity index (χ1n) is 1.79. The SMILES string of the molecule is ClC1=[C+]C=C=C[N-]1.[H+]. The van der Waals surface area contributed by atoms with E-state index in [9.17, 15) is 0 Å². The normalized spacial score (nSPS) is 14.7. The number of hydrogen-bond donors (Lipinski definition) is 0. The molecule has 34 valence electrons. The van der Waals surface area contributed by atoms with Crippen molar-refractivity contribution in [2.24, 2.45) is 0 Å². The summed E-state index contributed by atoms with van der Waals surface area (Å²) in [5.41, 5.74) is 2.68. The van der Waals surface area contributed by atoms with Gasteiger partial charge in [-0.05, 0) is 6.20 Å². The Balaban J connectivity index is 0.000000490. The summed E-state index contributed by atoms with van der Waals surface area (Å²) in [6.45, 7) is 0. The molecule has 0 saturated carbocycles. The quantitative estimate of drug-likeness (QED) is 0.259. The second-order valence-electron chi connectivity index (χ2n) is 1.00. The van der Waals surface area contributed by atoms with E-state index in [4.69, 9.17) is 11.6 Å². The maximum Gasteiger partial charge on any atom is 1.00 e. The second-order valence-corrected chi connectivity index (χ2v) is 1.36. The molecule has 0 unspecified atom stereocenters. The molecule has 0 aromatic carbocycles. The van der Waals surface area contributed by atoms with E-state index in [0.29, 0.717) is 5.16 Å². The minimum atomic E-state index is 0. The summed E-state index contributed by atoms with van der Waals surface area (Å²) in [6, 6.07) is 0. The van der Waals surface area contributed by atoms with Crippen molar-refractivity contribution >= 4 is 11.6 Å². The Kier molecular flexibility index (Phi) is 1.14. The van der Waals surface area contributed by atoms with Crippen molar-refractivity contribution in [3.63, 3.8) is 0 Å². The van der Waals surface area contributed by atoms with Gasteiger partial charge in [-0.1, -0.05) is 11.6 Å². The molecule has 0 amide bonds. The molecule has 0 aromatic heterocycles. The average Bonchev–Trinajstić information content (AvgIpc) is 1.69. The first-order valence-corrected chi connectivity index (χ1v) is 2.16. The highest BCUT2D eigenvalue weighted by molar-refractivity contribution is 6.31. The molecule has 0 aliphatic carbocycles. The summed E-state index contributed by atoms with van der Waals surface area (Å²) in [6.07, 6.45) is 5.72. The van der Waals surface area contributed by atoms with E-state index in [1.807, 2.05) is 0 Å². The lowest BCUT2D eigenvalue weighted by Gasteiger charge is -2.01. The molecule has 1 heterocycles. The highest BCUT2D eigenvalue weighted by atomic mass is 35.5. The average molecular weight is 113 g/mol. The molecule has 0 bridgehead atoms. The van der Waals surface area contributed by atoms with Crippen LogP contribution in [0.3, 0.4) is 0 Å². The smallest absolute Gasteiger partial charge is 0.602 e. The van der Waals surface area contributed by atoms with E-state index < -0.39 is 0 Å². The van der Waals surface area contributed by atoms with Crippen LogP contribution >= 0.6 is 11.6 Å². The van der Waals surface area contributed by atoms with Gasteiger partial charge in [-0.2, -0.15) is 0 Å². The minimum absolute atomic E-state index is 0. The third kappa shape index (κ3) is 1.06. The third-order valence-corrected chi connectivity index (χ3v) is 0.734. The van der Waals surface area contributed by atoms with Gasteiger partial charge in [-0.3, -0.25) is 0 Å². The summed E-state index contributed by atoms with van der Waals surface area (Å²) in [4.78, 5) is 0. The molecule has 2 heteroatoms. The minimum Gasteiger partial charge on any atom is -0.602 e. The number of hydrogen-bond acceptors (Lipinski definition) is 0. The van der Waals surface area contributed by atoms with Gasteiger partial charge in [-0.25, -0.2) is 0 Å². The van der Waals surface area contributed by atoms with Crippen molar-refractivity contribution in [1.82, 2.24) is 0 Å². The van der Waals surface area contributed by atoms with Crippen LogP contribution in [0.1, 0.15) is 1.43 Å². The maximum atomic E-state index is 5.35. The van der Waals surface area contributed by atoms with Gasteiger partial charge in [0.1, 0.15) is 6.08 Å². The molecule has 1 nitrogen and oxygen atoms in total. The van der Waals surface area contributed by atoms with Gasteiger partial charge in [0.15, 0.2) is 0 Å². The Morgan fingerprint density at radius 2 is 2.86 bits per heavy atom. The summed E-state index contributed by atoms with van der Waals surface area (Å²) >= 11 is 5.35. The van der Waals surface area contributed by atoms with E-state index in [-0.39, 0.29) is 1.43 Å². The van der Waals surface area contributed by atoms with Gasteiger partial charge < -0.3 is 5.32 Å². The predicted molar refractivity (Wildman–Crippen MR) is 29.7 cm³/mol. The molecular formula is C5H3ClN+. The summed E-state index contributed by atoms with van der Waals surface area (Å²) in [5, 5.41) is 4.02. The van der Waals surface area contributed by atoms with Crippen LogP contribution in [-0.2, 0) is 0 Å². The fraction of sp³-hybridized carbons (Fsp3) is 0. The highest BCUT2D eigenvalue weighted by Crippen LogP contribution is 2.11. The molecule has 7 heavy (non-hydrogen) atoms. The largest absolute Gasteiger partial charge is 1.00 e. The lowest BCUT2D eigenvalue weighted by molar-refractivity contribution is 1.65. The van der Waals surface area contributed by atoms with Crippen molar-refractivity contribution in [2.75, 3.05) is 0 Å². The zero-order chi connectivity index (χ0) is 5.11. The van der Waals surface area contributed by atoms with Crippen molar-refractivity contribution in [1.29, 1.82) is 0 Å². The van der Waals surface area contributed by atoms with Crippen LogP contribution in [0.5, 0.6) is 0 Å². The van der Waals surface area contributed by atoms with Crippen LogP contribution in [0.2, 0.25) is 0 Å². The Morgan fingerprint density at radius 1 is 2.00 bits per heavy atom. The Morgan fingerprint density at radius 3 is 3.14 bits per heavy atom. The molecule has 0 aromatic rings. The first kappa shape index (κ1) is 4.42. The van der Waals surface area contributed by atoms with E-state index >= 15 is 0 Å². The Labute approximate surface area is 48.5 Å². The molecule has 0 fully saturated rings. The molecule has 0 spiro atoms. The zero-order valence-corrected chi connectivity index (χ0v) is 4.24. The first-order chi connectivity index (χ1) is 3.39. The highest BCUT2D eigenvalue weighted by Gasteiger charge is 1.84. The molecule has 1 aliphatic rings. The predicted octanol–water partition coefficient (Wildman–Crippen LogP) is 2.04. The topological polar surface area (TPSA) is 14.1 Å². The van der Waals surface area contributed by atoms with E-state index in [1.165, 1.54) is 6.20 Å². The van der Waals surface area contributed by atoms with Gasteiger partial charge in [0, 0.05) is 0 Å². The number of allylic oxidation sites excluding steroid dienone is 2. The number of halogens is 1. The number of nitrogens with zero attached hydrogens (tertiary/aromatic N) is 1. The molecule has 0 atom stereocenters. The monoisotopic (exact) mass is 112 g/mol. The van der Waals surface area contributed by atoms with E-state index in [0.717, 1.165) is 0 Å². The van der Waals surface area contributed by atoms with Crippen molar-refractivity contribution in [3.05, 3.63) is 34.6 Å². The van der Waals surface area contributed by atoms with Gasteiger partial charge in [0.2, 0.25) is 6.08 Å².